The van der Waals surface area contributed by atoms with E-state index in [9.17, 15) is 13.6 Å². The summed E-state index contributed by atoms with van der Waals surface area (Å²) in [5.41, 5.74) is 0.916. The summed E-state index contributed by atoms with van der Waals surface area (Å²) in [4.78, 5) is 21.2. The quantitative estimate of drug-likeness (QED) is 0.770. The number of carbonyl (C=O) groups excluding carboxylic acids is 1. The summed E-state index contributed by atoms with van der Waals surface area (Å²) in [6.07, 6.45) is 7.36. The number of rotatable bonds is 5. The number of carbonyl (C=O) groups is 1. The van der Waals surface area contributed by atoms with E-state index in [0.29, 0.717) is 19.5 Å². The Bertz CT molecular complexity index is 883. The molecule has 0 saturated carbocycles. The lowest BCUT2D eigenvalue weighted by molar-refractivity contribution is -0.131. The molecule has 7 heteroatoms. The van der Waals surface area contributed by atoms with E-state index in [1.165, 1.54) is 12.1 Å². The average Bonchev–Trinajstić information content (AvgIpc) is 3.29. The van der Waals surface area contributed by atoms with Crippen LogP contribution in [0, 0.1) is 24.0 Å². The lowest BCUT2D eigenvalue weighted by Crippen LogP contribution is -2.45. The number of amides is 1. The number of halogens is 2. The zero-order valence-corrected chi connectivity index (χ0v) is 16.9. The zero-order valence-electron chi connectivity index (χ0n) is 16.9. The van der Waals surface area contributed by atoms with Crippen molar-refractivity contribution < 1.29 is 13.6 Å². The molecule has 1 spiro atoms. The fraction of sp³-hybridized carbons (Fsp3) is 0.545. The molecule has 5 nitrogen and oxygen atoms in total. The smallest absolute Gasteiger partial charge is 0.224 e. The van der Waals surface area contributed by atoms with Crippen molar-refractivity contribution in [2.24, 2.45) is 5.41 Å². The number of nitrogens with zero attached hydrogens (tertiary/aromatic N) is 4. The van der Waals surface area contributed by atoms with E-state index in [-0.39, 0.29) is 11.3 Å². The lowest BCUT2D eigenvalue weighted by atomic mass is 9.79. The van der Waals surface area contributed by atoms with Gasteiger partial charge in [-0.15, -0.1) is 0 Å². The van der Waals surface area contributed by atoms with E-state index in [0.717, 1.165) is 56.8 Å². The normalized spacial score (nSPS) is 22.5. The molecule has 29 heavy (non-hydrogen) atoms. The van der Waals surface area contributed by atoms with Crippen molar-refractivity contribution in [3.8, 4) is 0 Å². The summed E-state index contributed by atoms with van der Waals surface area (Å²) in [6.45, 7) is 6.68. The molecule has 2 aliphatic heterocycles. The van der Waals surface area contributed by atoms with Crippen LogP contribution in [0.4, 0.5) is 8.78 Å². The maximum absolute atomic E-state index is 13.5. The fourth-order valence-corrected chi connectivity index (χ4v) is 4.84. The molecule has 3 heterocycles. The zero-order chi connectivity index (χ0) is 20.4. The van der Waals surface area contributed by atoms with E-state index in [1.54, 1.807) is 12.3 Å². The monoisotopic (exact) mass is 402 g/mol. The first-order chi connectivity index (χ1) is 13.9. The van der Waals surface area contributed by atoms with Crippen LogP contribution in [-0.2, 0) is 17.9 Å². The van der Waals surface area contributed by atoms with Crippen LogP contribution in [0.2, 0.25) is 0 Å². The standard InChI is InChI=1S/C22H28F2N4O/c1-17-25-8-12-27(17)10-5-21(29)28-11-7-22(16-28)6-2-9-26(15-22)14-18-3-4-19(23)20(24)13-18/h3-4,8,12-13H,2,5-7,9-11,14-16H2,1H3/t22-/m0/s1. The number of piperidine rings is 1. The van der Waals surface area contributed by atoms with Crippen molar-refractivity contribution in [2.75, 3.05) is 26.2 Å². The van der Waals surface area contributed by atoms with Crippen molar-refractivity contribution in [1.29, 1.82) is 0 Å². The van der Waals surface area contributed by atoms with Crippen LogP contribution in [0.3, 0.4) is 0 Å². The van der Waals surface area contributed by atoms with Gasteiger partial charge >= 0.3 is 0 Å². The number of imidazole rings is 1. The first-order valence-corrected chi connectivity index (χ1v) is 10.4. The summed E-state index contributed by atoms with van der Waals surface area (Å²) >= 11 is 0. The van der Waals surface area contributed by atoms with Gasteiger partial charge in [-0.1, -0.05) is 6.07 Å². The molecule has 2 aromatic rings. The summed E-state index contributed by atoms with van der Waals surface area (Å²) in [6, 6.07) is 4.14. The van der Waals surface area contributed by atoms with Crippen molar-refractivity contribution in [2.45, 2.75) is 45.7 Å². The largest absolute Gasteiger partial charge is 0.342 e. The van der Waals surface area contributed by atoms with Crippen LogP contribution >= 0.6 is 0 Å². The van der Waals surface area contributed by atoms with Crippen molar-refractivity contribution in [3.05, 3.63) is 53.6 Å². The molecule has 0 unspecified atom stereocenters. The minimum atomic E-state index is -0.806. The molecule has 1 atom stereocenters. The van der Waals surface area contributed by atoms with Crippen LogP contribution in [-0.4, -0.2) is 51.4 Å². The second kappa shape index (κ2) is 8.22. The Labute approximate surface area is 170 Å². The van der Waals surface area contributed by atoms with Crippen LogP contribution in [0.25, 0.3) is 0 Å². The third kappa shape index (κ3) is 4.50. The van der Waals surface area contributed by atoms with Gasteiger partial charge in [0, 0.05) is 57.0 Å². The molecule has 2 aliphatic rings. The van der Waals surface area contributed by atoms with Gasteiger partial charge < -0.3 is 9.47 Å². The Morgan fingerprint density at radius 3 is 2.79 bits per heavy atom. The molecule has 156 valence electrons. The first kappa shape index (κ1) is 20.0. The molecule has 2 saturated heterocycles. The Morgan fingerprint density at radius 2 is 2.03 bits per heavy atom. The SMILES string of the molecule is Cc1nccn1CCC(=O)N1CC[C@]2(CCCN(Cc3ccc(F)c(F)c3)C2)C1. The number of benzene rings is 1. The molecular weight excluding hydrogens is 374 g/mol. The van der Waals surface area contributed by atoms with Crippen molar-refractivity contribution >= 4 is 5.91 Å². The highest BCUT2D eigenvalue weighted by Gasteiger charge is 2.42. The maximum atomic E-state index is 13.5. The van der Waals surface area contributed by atoms with E-state index >= 15 is 0 Å². The van der Waals surface area contributed by atoms with E-state index < -0.39 is 11.6 Å². The third-order valence-electron chi connectivity index (χ3n) is 6.41. The average molecular weight is 402 g/mol. The Morgan fingerprint density at radius 1 is 1.17 bits per heavy atom. The molecule has 0 aliphatic carbocycles. The van der Waals surface area contributed by atoms with Gasteiger partial charge in [0.25, 0.3) is 0 Å². The summed E-state index contributed by atoms with van der Waals surface area (Å²) in [7, 11) is 0. The second-order valence-electron chi connectivity index (χ2n) is 8.55. The van der Waals surface area contributed by atoms with Crippen molar-refractivity contribution in [1.82, 2.24) is 19.4 Å². The molecule has 1 amide bonds. The maximum Gasteiger partial charge on any atom is 0.224 e. The minimum absolute atomic E-state index is 0.122. The van der Waals surface area contributed by atoms with Crippen molar-refractivity contribution in [3.63, 3.8) is 0 Å². The molecule has 0 bridgehead atoms. The molecule has 4 rings (SSSR count). The molecule has 1 aromatic heterocycles. The number of hydrogen-bond acceptors (Lipinski definition) is 3. The summed E-state index contributed by atoms with van der Waals surface area (Å²) < 4.78 is 28.7. The molecular formula is C22H28F2N4O. The van der Waals surface area contributed by atoms with Gasteiger partial charge in [0.15, 0.2) is 11.6 Å². The number of hydrogen-bond donors (Lipinski definition) is 0. The summed E-state index contributed by atoms with van der Waals surface area (Å²) in [5.74, 6) is -0.469. The van der Waals surface area contributed by atoms with Gasteiger partial charge in [-0.2, -0.15) is 0 Å². The van der Waals surface area contributed by atoms with Gasteiger partial charge in [0.1, 0.15) is 5.82 Å². The topological polar surface area (TPSA) is 41.4 Å². The van der Waals surface area contributed by atoms with Crippen LogP contribution < -0.4 is 0 Å². The highest BCUT2D eigenvalue weighted by molar-refractivity contribution is 5.76. The fourth-order valence-electron chi connectivity index (χ4n) is 4.84. The molecule has 2 fully saturated rings. The lowest BCUT2D eigenvalue weighted by Gasteiger charge is -2.40. The van der Waals surface area contributed by atoms with Gasteiger partial charge in [-0.05, 0) is 50.4 Å². The second-order valence-corrected chi connectivity index (χ2v) is 8.55. The van der Waals surface area contributed by atoms with E-state index in [1.807, 2.05) is 22.6 Å². The van der Waals surface area contributed by atoms with Gasteiger partial charge in [-0.25, -0.2) is 13.8 Å². The predicted octanol–water partition coefficient (Wildman–Crippen LogP) is 3.37. The number of aryl methyl sites for hydroxylation is 2. The Balaban J connectivity index is 1.33. The Kier molecular flexibility index (Phi) is 5.67. The van der Waals surface area contributed by atoms with Crippen LogP contribution in [0.1, 0.15) is 37.1 Å². The van der Waals surface area contributed by atoms with E-state index in [4.69, 9.17) is 0 Å². The molecule has 0 N–H and O–H groups in total. The summed E-state index contributed by atoms with van der Waals surface area (Å²) in [5, 5.41) is 0. The van der Waals surface area contributed by atoms with Crippen LogP contribution in [0.5, 0.6) is 0 Å². The van der Waals surface area contributed by atoms with Gasteiger partial charge in [0.05, 0.1) is 0 Å². The number of likely N-dealkylation sites (tertiary alicyclic amines) is 2. The van der Waals surface area contributed by atoms with E-state index in [2.05, 4.69) is 9.88 Å². The van der Waals surface area contributed by atoms with Crippen LogP contribution in [0.15, 0.2) is 30.6 Å². The van der Waals surface area contributed by atoms with Gasteiger partial charge in [0.2, 0.25) is 5.91 Å². The number of aromatic nitrogens is 2. The molecule has 0 radical (unpaired) electrons. The minimum Gasteiger partial charge on any atom is -0.342 e. The first-order valence-electron chi connectivity index (χ1n) is 10.4. The highest BCUT2D eigenvalue weighted by Crippen LogP contribution is 2.39. The molecule has 1 aromatic carbocycles. The third-order valence-corrected chi connectivity index (χ3v) is 6.41. The Hall–Kier alpha value is -2.28. The highest BCUT2D eigenvalue weighted by atomic mass is 19.2. The predicted molar refractivity (Wildman–Crippen MR) is 106 cm³/mol. The van der Waals surface area contributed by atoms with Gasteiger partial charge in [-0.3, -0.25) is 9.69 Å².